The van der Waals surface area contributed by atoms with Crippen LogP contribution in [0.3, 0.4) is 0 Å². The number of hydrogen-bond donors (Lipinski definition) is 1. The molecule has 0 aliphatic rings. The van der Waals surface area contributed by atoms with Crippen molar-refractivity contribution in [1.29, 1.82) is 0 Å². The lowest BCUT2D eigenvalue weighted by Crippen LogP contribution is -2.12. The predicted molar refractivity (Wildman–Crippen MR) is 87.1 cm³/mol. The van der Waals surface area contributed by atoms with Gasteiger partial charge in [-0.3, -0.25) is 9.48 Å². The smallest absolute Gasteiger partial charge is 0.257 e. The average molecular weight is 294 g/mol. The molecule has 1 aromatic carbocycles. The number of anilines is 1. The minimum absolute atomic E-state index is 0.164. The van der Waals surface area contributed by atoms with Crippen LogP contribution >= 0.6 is 0 Å². The van der Waals surface area contributed by atoms with Crippen LogP contribution < -0.4 is 5.32 Å². The third kappa shape index (κ3) is 2.57. The van der Waals surface area contributed by atoms with Crippen LogP contribution in [0.5, 0.6) is 0 Å². The van der Waals surface area contributed by atoms with Crippen molar-refractivity contribution >= 4 is 22.6 Å². The molecule has 1 N–H and O–H groups in total. The number of carbonyl (C=O) groups excluding carboxylic acids is 1. The van der Waals surface area contributed by atoms with E-state index in [-0.39, 0.29) is 5.91 Å². The van der Waals surface area contributed by atoms with Crippen molar-refractivity contribution in [2.24, 2.45) is 7.05 Å². The van der Waals surface area contributed by atoms with Gasteiger partial charge in [-0.15, -0.1) is 0 Å². The monoisotopic (exact) mass is 294 g/mol. The molecule has 2 aromatic heterocycles. The first-order valence-corrected chi connectivity index (χ1v) is 7.13. The van der Waals surface area contributed by atoms with Gasteiger partial charge in [0.1, 0.15) is 0 Å². The van der Waals surface area contributed by atoms with Crippen molar-refractivity contribution in [3.05, 3.63) is 52.8 Å². The molecule has 0 fully saturated rings. The first-order valence-electron chi connectivity index (χ1n) is 7.13. The van der Waals surface area contributed by atoms with E-state index in [2.05, 4.69) is 21.5 Å². The normalized spacial score (nSPS) is 10.9. The summed E-state index contributed by atoms with van der Waals surface area (Å²) in [6.07, 6.45) is 1.58. The number of benzene rings is 1. The molecule has 22 heavy (non-hydrogen) atoms. The van der Waals surface area contributed by atoms with Gasteiger partial charge < -0.3 is 5.32 Å². The molecule has 5 nitrogen and oxygen atoms in total. The standard InChI is InChI=1S/C17H18N4O/c1-10-5-11(2)7-14(6-10)19-17(22)13-8-15-12(3)20-21(4)16(15)18-9-13/h5-9H,1-4H3,(H,19,22). The quantitative estimate of drug-likeness (QED) is 0.790. The maximum Gasteiger partial charge on any atom is 0.257 e. The predicted octanol–water partition coefficient (Wildman–Crippen LogP) is 3.15. The van der Waals surface area contributed by atoms with Crippen LogP contribution in [0.25, 0.3) is 11.0 Å². The summed E-state index contributed by atoms with van der Waals surface area (Å²) in [7, 11) is 1.84. The number of amides is 1. The minimum Gasteiger partial charge on any atom is -0.322 e. The number of nitrogens with zero attached hydrogens (tertiary/aromatic N) is 3. The molecule has 3 rings (SSSR count). The average Bonchev–Trinajstić information content (AvgIpc) is 2.72. The Balaban J connectivity index is 1.93. The van der Waals surface area contributed by atoms with Gasteiger partial charge in [0.05, 0.1) is 11.3 Å². The van der Waals surface area contributed by atoms with Gasteiger partial charge in [-0.05, 0) is 50.1 Å². The lowest BCUT2D eigenvalue weighted by atomic mass is 10.1. The van der Waals surface area contributed by atoms with Gasteiger partial charge in [-0.25, -0.2) is 4.98 Å². The fourth-order valence-corrected chi connectivity index (χ4v) is 2.68. The number of aromatic nitrogens is 3. The molecule has 0 saturated heterocycles. The van der Waals surface area contributed by atoms with E-state index in [1.54, 1.807) is 10.9 Å². The summed E-state index contributed by atoms with van der Waals surface area (Å²) in [5.74, 6) is -0.164. The molecule has 1 amide bonds. The summed E-state index contributed by atoms with van der Waals surface area (Å²) in [6.45, 7) is 5.93. The maximum atomic E-state index is 12.4. The largest absolute Gasteiger partial charge is 0.322 e. The van der Waals surface area contributed by atoms with Crippen molar-refractivity contribution in [1.82, 2.24) is 14.8 Å². The fraction of sp³-hybridized carbons (Fsp3) is 0.235. The Hall–Kier alpha value is -2.69. The SMILES string of the molecule is Cc1cc(C)cc(NC(=O)c2cnc3c(c2)c(C)nn3C)c1. The van der Waals surface area contributed by atoms with Crippen LogP contribution in [0, 0.1) is 20.8 Å². The summed E-state index contributed by atoms with van der Waals surface area (Å²) >= 11 is 0. The topological polar surface area (TPSA) is 59.8 Å². The summed E-state index contributed by atoms with van der Waals surface area (Å²) in [6, 6.07) is 7.81. The summed E-state index contributed by atoms with van der Waals surface area (Å²) < 4.78 is 1.72. The highest BCUT2D eigenvalue weighted by Gasteiger charge is 2.12. The zero-order valence-electron chi connectivity index (χ0n) is 13.1. The maximum absolute atomic E-state index is 12.4. The Morgan fingerprint density at radius 2 is 1.77 bits per heavy atom. The third-order valence-corrected chi connectivity index (χ3v) is 3.60. The van der Waals surface area contributed by atoms with E-state index in [1.807, 2.05) is 46.0 Å². The van der Waals surface area contributed by atoms with Gasteiger partial charge in [0, 0.05) is 24.3 Å². The number of rotatable bonds is 2. The highest BCUT2D eigenvalue weighted by atomic mass is 16.1. The summed E-state index contributed by atoms with van der Waals surface area (Å²) in [5, 5.41) is 8.14. The molecule has 2 heterocycles. The molecule has 0 radical (unpaired) electrons. The number of fused-ring (bicyclic) bond motifs is 1. The number of pyridine rings is 1. The van der Waals surface area contributed by atoms with Crippen LogP contribution in [0.4, 0.5) is 5.69 Å². The Labute approximate surface area is 129 Å². The summed E-state index contributed by atoms with van der Waals surface area (Å²) in [4.78, 5) is 16.8. The lowest BCUT2D eigenvalue weighted by Gasteiger charge is -2.07. The summed E-state index contributed by atoms with van der Waals surface area (Å²) in [5.41, 5.74) is 5.21. The first-order chi connectivity index (χ1) is 10.4. The number of hydrogen-bond acceptors (Lipinski definition) is 3. The molecule has 0 unspecified atom stereocenters. The fourth-order valence-electron chi connectivity index (χ4n) is 2.68. The van der Waals surface area contributed by atoms with Gasteiger partial charge in [-0.2, -0.15) is 5.10 Å². The minimum atomic E-state index is -0.164. The van der Waals surface area contributed by atoms with E-state index in [9.17, 15) is 4.79 Å². The molecule has 0 spiro atoms. The highest BCUT2D eigenvalue weighted by molar-refractivity contribution is 6.05. The third-order valence-electron chi connectivity index (χ3n) is 3.60. The second-order valence-electron chi connectivity index (χ2n) is 5.63. The first kappa shape index (κ1) is 14.3. The molecule has 5 heteroatoms. The van der Waals surface area contributed by atoms with E-state index < -0.39 is 0 Å². The van der Waals surface area contributed by atoms with Gasteiger partial charge in [0.25, 0.3) is 5.91 Å². The molecule has 0 aliphatic heterocycles. The Kier molecular flexibility index (Phi) is 3.41. The van der Waals surface area contributed by atoms with E-state index in [4.69, 9.17) is 0 Å². The number of nitrogens with one attached hydrogen (secondary N) is 1. The van der Waals surface area contributed by atoms with Crippen LogP contribution in [0.1, 0.15) is 27.2 Å². The van der Waals surface area contributed by atoms with Gasteiger partial charge in [-0.1, -0.05) is 6.07 Å². The van der Waals surface area contributed by atoms with Crippen molar-refractivity contribution in [2.75, 3.05) is 5.32 Å². The van der Waals surface area contributed by atoms with Crippen LogP contribution in [-0.2, 0) is 7.05 Å². The van der Waals surface area contributed by atoms with E-state index in [0.29, 0.717) is 5.56 Å². The molecular weight excluding hydrogens is 276 g/mol. The Bertz CT molecular complexity index is 859. The molecular formula is C17H18N4O. The Morgan fingerprint density at radius 3 is 2.45 bits per heavy atom. The van der Waals surface area contributed by atoms with E-state index in [1.165, 1.54) is 0 Å². The van der Waals surface area contributed by atoms with Crippen molar-refractivity contribution < 1.29 is 4.79 Å². The van der Waals surface area contributed by atoms with E-state index >= 15 is 0 Å². The van der Waals surface area contributed by atoms with Crippen molar-refractivity contribution in [3.8, 4) is 0 Å². The molecule has 0 aliphatic carbocycles. The molecule has 0 bridgehead atoms. The zero-order valence-corrected chi connectivity index (χ0v) is 13.1. The number of aryl methyl sites for hydroxylation is 4. The van der Waals surface area contributed by atoms with E-state index in [0.717, 1.165) is 33.5 Å². The van der Waals surface area contributed by atoms with Crippen LogP contribution in [-0.4, -0.2) is 20.7 Å². The second kappa shape index (κ2) is 5.26. The van der Waals surface area contributed by atoms with Gasteiger partial charge >= 0.3 is 0 Å². The van der Waals surface area contributed by atoms with Crippen molar-refractivity contribution in [3.63, 3.8) is 0 Å². The lowest BCUT2D eigenvalue weighted by molar-refractivity contribution is 0.102. The molecule has 3 aromatic rings. The zero-order chi connectivity index (χ0) is 15.9. The second-order valence-corrected chi connectivity index (χ2v) is 5.63. The molecule has 0 saturated carbocycles. The van der Waals surface area contributed by atoms with Crippen LogP contribution in [0.15, 0.2) is 30.5 Å². The Morgan fingerprint density at radius 1 is 1.09 bits per heavy atom. The van der Waals surface area contributed by atoms with Crippen LogP contribution in [0.2, 0.25) is 0 Å². The van der Waals surface area contributed by atoms with Crippen molar-refractivity contribution in [2.45, 2.75) is 20.8 Å². The number of carbonyl (C=O) groups is 1. The highest BCUT2D eigenvalue weighted by Crippen LogP contribution is 2.18. The molecule has 112 valence electrons. The van der Waals surface area contributed by atoms with Gasteiger partial charge in [0.2, 0.25) is 0 Å². The molecule has 0 atom stereocenters. The van der Waals surface area contributed by atoms with Gasteiger partial charge in [0.15, 0.2) is 5.65 Å².